The van der Waals surface area contributed by atoms with Gasteiger partial charge in [-0.25, -0.2) is 4.79 Å². The van der Waals surface area contributed by atoms with Crippen molar-refractivity contribution in [2.75, 3.05) is 19.8 Å². The Kier molecular flexibility index (Phi) is 4.46. The first-order chi connectivity index (χ1) is 7.19. The van der Waals surface area contributed by atoms with Gasteiger partial charge in [-0.15, -0.1) is 0 Å². The Morgan fingerprint density at radius 1 is 1.47 bits per heavy atom. The Labute approximate surface area is 90.6 Å². The molecule has 4 heteroatoms. The van der Waals surface area contributed by atoms with Crippen molar-refractivity contribution in [1.82, 2.24) is 5.32 Å². The van der Waals surface area contributed by atoms with E-state index in [2.05, 4.69) is 12.2 Å². The molecule has 1 heterocycles. The minimum absolute atomic E-state index is 0.264. The molecule has 1 aliphatic rings. The number of ether oxygens (including phenoxy) is 2. The predicted octanol–water partition coefficient (Wildman–Crippen LogP) is 1.43. The van der Waals surface area contributed by atoms with Crippen molar-refractivity contribution >= 4 is 5.97 Å². The summed E-state index contributed by atoms with van der Waals surface area (Å²) in [5.74, 6) is 0.766. The lowest BCUT2D eigenvalue weighted by atomic mass is 9.98. The highest BCUT2D eigenvalue weighted by molar-refractivity contribution is 5.89. The second-order valence-electron chi connectivity index (χ2n) is 3.65. The number of nitrogens with one attached hydrogen (secondary N) is 1. The predicted molar refractivity (Wildman–Crippen MR) is 57.1 cm³/mol. The molecule has 15 heavy (non-hydrogen) atoms. The van der Waals surface area contributed by atoms with Crippen molar-refractivity contribution < 1.29 is 14.3 Å². The number of rotatable bonds is 4. The molecular formula is C11H19NO3. The van der Waals surface area contributed by atoms with Crippen LogP contribution in [0.2, 0.25) is 0 Å². The van der Waals surface area contributed by atoms with Gasteiger partial charge in [0.2, 0.25) is 0 Å². The van der Waals surface area contributed by atoms with Gasteiger partial charge in [0.15, 0.2) is 5.88 Å². The monoisotopic (exact) mass is 213 g/mol. The maximum absolute atomic E-state index is 11.6. The van der Waals surface area contributed by atoms with Gasteiger partial charge in [0.25, 0.3) is 0 Å². The Hall–Kier alpha value is -1.19. The van der Waals surface area contributed by atoms with E-state index in [-0.39, 0.29) is 5.97 Å². The van der Waals surface area contributed by atoms with E-state index in [1.54, 1.807) is 6.92 Å². The van der Waals surface area contributed by atoms with Crippen molar-refractivity contribution in [2.45, 2.75) is 27.2 Å². The first-order valence-corrected chi connectivity index (χ1v) is 5.45. The van der Waals surface area contributed by atoms with Gasteiger partial charge >= 0.3 is 5.97 Å². The van der Waals surface area contributed by atoms with Gasteiger partial charge in [0.05, 0.1) is 18.8 Å². The summed E-state index contributed by atoms with van der Waals surface area (Å²) in [6, 6.07) is 0. The third-order valence-electron chi connectivity index (χ3n) is 2.25. The van der Waals surface area contributed by atoms with Gasteiger partial charge in [-0.2, -0.15) is 0 Å². The van der Waals surface area contributed by atoms with Crippen LogP contribution >= 0.6 is 0 Å². The maximum Gasteiger partial charge on any atom is 0.339 e. The third-order valence-corrected chi connectivity index (χ3v) is 2.25. The summed E-state index contributed by atoms with van der Waals surface area (Å²) in [6.07, 6.45) is 0.723. The fourth-order valence-electron chi connectivity index (χ4n) is 1.56. The average Bonchev–Trinajstić information content (AvgIpc) is 2.21. The highest BCUT2D eigenvalue weighted by Gasteiger charge is 2.24. The van der Waals surface area contributed by atoms with E-state index in [1.165, 1.54) is 0 Å². The van der Waals surface area contributed by atoms with Gasteiger partial charge in [0.1, 0.15) is 0 Å². The normalized spacial score (nSPS) is 20.9. The zero-order chi connectivity index (χ0) is 11.3. The maximum atomic E-state index is 11.6. The summed E-state index contributed by atoms with van der Waals surface area (Å²) < 4.78 is 10.4. The number of hydrogen-bond acceptors (Lipinski definition) is 4. The van der Waals surface area contributed by atoms with E-state index in [1.807, 2.05) is 6.92 Å². The van der Waals surface area contributed by atoms with Crippen LogP contribution in [0.5, 0.6) is 0 Å². The largest absolute Gasteiger partial charge is 0.479 e. The Morgan fingerprint density at radius 3 is 2.80 bits per heavy atom. The zero-order valence-electron chi connectivity index (χ0n) is 9.63. The summed E-state index contributed by atoms with van der Waals surface area (Å²) in [7, 11) is 0. The van der Waals surface area contributed by atoms with E-state index in [0.717, 1.165) is 13.0 Å². The Morgan fingerprint density at radius 2 is 2.20 bits per heavy atom. The van der Waals surface area contributed by atoms with Crippen molar-refractivity contribution in [2.24, 2.45) is 5.92 Å². The van der Waals surface area contributed by atoms with Crippen molar-refractivity contribution in [3.05, 3.63) is 11.5 Å². The summed E-state index contributed by atoms with van der Waals surface area (Å²) in [5, 5.41) is 3.12. The van der Waals surface area contributed by atoms with E-state index in [9.17, 15) is 4.79 Å². The number of carbonyl (C=O) groups excluding carboxylic acids is 1. The topological polar surface area (TPSA) is 47.6 Å². The van der Waals surface area contributed by atoms with Gasteiger partial charge in [-0.05, 0) is 26.2 Å². The molecule has 1 aliphatic heterocycles. The number of carbonyl (C=O) groups is 1. The molecular weight excluding hydrogens is 194 g/mol. The molecule has 0 radical (unpaired) electrons. The number of esters is 1. The van der Waals surface area contributed by atoms with Crippen molar-refractivity contribution in [1.29, 1.82) is 0 Å². The number of hydrogen-bond donors (Lipinski definition) is 1. The Balaban J connectivity index is 2.78. The highest BCUT2D eigenvalue weighted by atomic mass is 16.5. The van der Waals surface area contributed by atoms with Crippen LogP contribution in [0.15, 0.2) is 11.5 Å². The summed E-state index contributed by atoms with van der Waals surface area (Å²) in [5.41, 5.74) is 0.637. The second kappa shape index (κ2) is 5.63. The van der Waals surface area contributed by atoms with Crippen LogP contribution in [-0.4, -0.2) is 25.7 Å². The quantitative estimate of drug-likeness (QED) is 0.718. The molecule has 0 amide bonds. The molecule has 0 aromatic carbocycles. The van der Waals surface area contributed by atoms with Crippen LogP contribution in [0.25, 0.3) is 0 Å². The van der Waals surface area contributed by atoms with Gasteiger partial charge in [0, 0.05) is 6.54 Å². The molecule has 1 N–H and O–H groups in total. The van der Waals surface area contributed by atoms with Crippen LogP contribution in [-0.2, 0) is 14.3 Å². The molecule has 0 aromatic heterocycles. The molecule has 1 rings (SSSR count). The van der Waals surface area contributed by atoms with E-state index < -0.39 is 0 Å². The molecule has 0 fully saturated rings. The lowest BCUT2D eigenvalue weighted by molar-refractivity contribution is -0.139. The standard InChI is InChI=1S/C11H19NO3/c1-4-14-10-9(11(13)15-5-2)6-8(3)7-12-10/h8,12H,4-7H2,1-3H3/t8-/m1/s1. The summed E-state index contributed by atoms with van der Waals surface area (Å²) in [6.45, 7) is 7.59. The smallest absolute Gasteiger partial charge is 0.339 e. The first-order valence-electron chi connectivity index (χ1n) is 5.45. The van der Waals surface area contributed by atoms with Crippen LogP contribution in [0.1, 0.15) is 27.2 Å². The molecule has 86 valence electrons. The van der Waals surface area contributed by atoms with Crippen molar-refractivity contribution in [3.8, 4) is 0 Å². The zero-order valence-corrected chi connectivity index (χ0v) is 9.63. The molecule has 0 spiro atoms. The minimum atomic E-state index is -0.264. The molecule has 0 aliphatic carbocycles. The van der Waals surface area contributed by atoms with Gasteiger partial charge in [-0.1, -0.05) is 6.92 Å². The van der Waals surface area contributed by atoms with Crippen LogP contribution in [0, 0.1) is 5.92 Å². The van der Waals surface area contributed by atoms with Crippen LogP contribution < -0.4 is 5.32 Å². The summed E-state index contributed by atoms with van der Waals surface area (Å²) >= 11 is 0. The lowest BCUT2D eigenvalue weighted by Gasteiger charge is -2.24. The molecule has 0 aromatic rings. The average molecular weight is 213 g/mol. The fraction of sp³-hybridized carbons (Fsp3) is 0.727. The molecule has 0 bridgehead atoms. The molecule has 0 saturated heterocycles. The third kappa shape index (κ3) is 3.15. The van der Waals surface area contributed by atoms with E-state index >= 15 is 0 Å². The minimum Gasteiger partial charge on any atom is -0.479 e. The highest BCUT2D eigenvalue weighted by Crippen LogP contribution is 2.21. The lowest BCUT2D eigenvalue weighted by Crippen LogP contribution is -2.32. The summed E-state index contributed by atoms with van der Waals surface area (Å²) in [4.78, 5) is 11.6. The van der Waals surface area contributed by atoms with E-state index in [4.69, 9.17) is 9.47 Å². The Bertz CT molecular complexity index is 261. The molecule has 0 unspecified atom stereocenters. The fourth-order valence-corrected chi connectivity index (χ4v) is 1.56. The van der Waals surface area contributed by atoms with Crippen LogP contribution in [0.4, 0.5) is 0 Å². The molecule has 1 atom stereocenters. The van der Waals surface area contributed by atoms with Crippen LogP contribution in [0.3, 0.4) is 0 Å². The molecule has 4 nitrogen and oxygen atoms in total. The first kappa shape index (κ1) is 11.9. The SMILES string of the molecule is CCOC(=O)C1=C(OCC)NC[C@H](C)C1. The molecule has 0 saturated carbocycles. The van der Waals surface area contributed by atoms with Gasteiger partial charge in [-0.3, -0.25) is 0 Å². The van der Waals surface area contributed by atoms with Gasteiger partial charge < -0.3 is 14.8 Å². The second-order valence-corrected chi connectivity index (χ2v) is 3.65. The van der Waals surface area contributed by atoms with Crippen molar-refractivity contribution in [3.63, 3.8) is 0 Å². The van der Waals surface area contributed by atoms with E-state index in [0.29, 0.717) is 30.6 Å².